The number of aromatic nitrogens is 2. The summed E-state index contributed by atoms with van der Waals surface area (Å²) in [6.45, 7) is 9.35. The molecule has 1 aromatic heterocycles. The minimum Gasteiger partial charge on any atom is -0.444 e. The molecule has 3 fully saturated rings. The number of anilines is 1. The van der Waals surface area contributed by atoms with Gasteiger partial charge in [0.2, 0.25) is 0 Å². The zero-order valence-electron chi connectivity index (χ0n) is 18.2. The number of benzene rings is 1. The SMILES string of the molecule is Cc1nc(N2CCN(C(=O)OC(C)(C)C)CC23CC3)c2cc(F)c(C3CC3)cc2n1. The zero-order chi connectivity index (χ0) is 21.3. The molecule has 3 aliphatic rings. The van der Waals surface area contributed by atoms with Crippen LogP contribution >= 0.6 is 0 Å². The summed E-state index contributed by atoms with van der Waals surface area (Å²) >= 11 is 0. The number of hydrogen-bond donors (Lipinski definition) is 0. The van der Waals surface area contributed by atoms with E-state index in [1.54, 1.807) is 11.0 Å². The van der Waals surface area contributed by atoms with Gasteiger partial charge in [-0.3, -0.25) is 0 Å². The maximum atomic E-state index is 14.8. The molecule has 1 aromatic carbocycles. The number of amides is 1. The van der Waals surface area contributed by atoms with E-state index in [1.807, 2.05) is 33.8 Å². The summed E-state index contributed by atoms with van der Waals surface area (Å²) in [6.07, 6.45) is 3.81. The van der Waals surface area contributed by atoms with Crippen molar-refractivity contribution in [1.82, 2.24) is 14.9 Å². The molecule has 2 aromatic rings. The van der Waals surface area contributed by atoms with Crippen LogP contribution in [0.4, 0.5) is 15.0 Å². The van der Waals surface area contributed by atoms with E-state index in [4.69, 9.17) is 9.72 Å². The first-order valence-corrected chi connectivity index (χ1v) is 10.9. The van der Waals surface area contributed by atoms with Crippen molar-refractivity contribution in [1.29, 1.82) is 0 Å². The molecule has 30 heavy (non-hydrogen) atoms. The van der Waals surface area contributed by atoms with E-state index in [2.05, 4.69) is 9.88 Å². The lowest BCUT2D eigenvalue weighted by molar-refractivity contribution is 0.0205. The number of carbonyl (C=O) groups is 1. The van der Waals surface area contributed by atoms with E-state index in [-0.39, 0.29) is 17.4 Å². The largest absolute Gasteiger partial charge is 0.444 e. The lowest BCUT2D eigenvalue weighted by Crippen LogP contribution is -2.57. The molecule has 2 saturated carbocycles. The summed E-state index contributed by atoms with van der Waals surface area (Å²) in [4.78, 5) is 26.0. The van der Waals surface area contributed by atoms with Crippen LogP contribution in [-0.2, 0) is 4.74 Å². The molecule has 7 heteroatoms. The Kier molecular flexibility index (Phi) is 4.25. The van der Waals surface area contributed by atoms with E-state index in [1.165, 1.54) is 0 Å². The highest BCUT2D eigenvalue weighted by molar-refractivity contribution is 5.91. The molecule has 0 radical (unpaired) electrons. The highest BCUT2D eigenvalue weighted by atomic mass is 19.1. The molecule has 6 nitrogen and oxygen atoms in total. The van der Waals surface area contributed by atoms with Gasteiger partial charge in [-0.1, -0.05) is 0 Å². The van der Waals surface area contributed by atoms with Crippen molar-refractivity contribution in [2.24, 2.45) is 0 Å². The van der Waals surface area contributed by atoms with Gasteiger partial charge in [0.25, 0.3) is 0 Å². The van der Waals surface area contributed by atoms with Gasteiger partial charge in [0.15, 0.2) is 0 Å². The van der Waals surface area contributed by atoms with Crippen LogP contribution in [-0.4, -0.2) is 51.7 Å². The molecule has 0 atom stereocenters. The van der Waals surface area contributed by atoms with Crippen LogP contribution in [0.3, 0.4) is 0 Å². The first-order valence-electron chi connectivity index (χ1n) is 10.9. The van der Waals surface area contributed by atoms with E-state index in [0.717, 1.165) is 48.0 Å². The van der Waals surface area contributed by atoms with Gasteiger partial charge < -0.3 is 14.5 Å². The van der Waals surface area contributed by atoms with Crippen molar-refractivity contribution in [2.45, 2.75) is 70.4 Å². The fourth-order valence-electron chi connectivity index (χ4n) is 4.54. The number of ether oxygens (including phenoxy) is 1. The maximum absolute atomic E-state index is 14.8. The van der Waals surface area contributed by atoms with Crippen molar-refractivity contribution in [3.05, 3.63) is 29.3 Å². The van der Waals surface area contributed by atoms with Crippen LogP contribution in [0.15, 0.2) is 12.1 Å². The van der Waals surface area contributed by atoms with Crippen LogP contribution < -0.4 is 4.90 Å². The van der Waals surface area contributed by atoms with Gasteiger partial charge in [0.05, 0.1) is 11.1 Å². The van der Waals surface area contributed by atoms with Crippen LogP contribution in [0, 0.1) is 12.7 Å². The van der Waals surface area contributed by atoms with E-state index < -0.39 is 5.60 Å². The molecule has 0 bridgehead atoms. The fourth-order valence-corrected chi connectivity index (χ4v) is 4.54. The minimum atomic E-state index is -0.512. The monoisotopic (exact) mass is 412 g/mol. The number of nitrogens with zero attached hydrogens (tertiary/aromatic N) is 4. The lowest BCUT2D eigenvalue weighted by Gasteiger charge is -2.43. The molecular weight excluding hydrogens is 383 g/mol. The molecule has 1 amide bonds. The number of piperazine rings is 1. The van der Waals surface area contributed by atoms with E-state index >= 15 is 0 Å². The van der Waals surface area contributed by atoms with Crippen molar-refractivity contribution in [3.63, 3.8) is 0 Å². The zero-order valence-corrected chi connectivity index (χ0v) is 18.2. The number of halogens is 1. The smallest absolute Gasteiger partial charge is 0.410 e. The first-order chi connectivity index (χ1) is 14.2. The number of rotatable bonds is 2. The van der Waals surface area contributed by atoms with E-state index in [9.17, 15) is 9.18 Å². The standard InChI is InChI=1S/C23H29FN4O2/c1-14-25-19-12-16(15-5-6-15)18(24)11-17(19)20(26-14)28-10-9-27(13-23(28)7-8-23)21(29)30-22(2,3)4/h11-12,15H,5-10,13H2,1-4H3. The van der Waals surface area contributed by atoms with Gasteiger partial charge in [-0.2, -0.15) is 0 Å². The number of aryl methyl sites for hydroxylation is 1. The first kappa shape index (κ1) is 19.5. The topological polar surface area (TPSA) is 58.6 Å². The van der Waals surface area contributed by atoms with Crippen molar-refractivity contribution in [3.8, 4) is 0 Å². The fraction of sp³-hybridized carbons (Fsp3) is 0.609. The van der Waals surface area contributed by atoms with Crippen molar-refractivity contribution >= 4 is 22.8 Å². The third-order valence-electron chi connectivity index (χ3n) is 6.31. The third-order valence-corrected chi connectivity index (χ3v) is 6.31. The van der Waals surface area contributed by atoms with Crippen molar-refractivity contribution < 1.29 is 13.9 Å². The van der Waals surface area contributed by atoms with Crippen molar-refractivity contribution in [2.75, 3.05) is 24.5 Å². The summed E-state index contributed by atoms with van der Waals surface area (Å²) in [6, 6.07) is 3.53. The summed E-state index contributed by atoms with van der Waals surface area (Å²) in [7, 11) is 0. The number of carbonyl (C=O) groups excluding carboxylic acids is 1. The Morgan fingerprint density at radius 2 is 1.93 bits per heavy atom. The molecule has 2 heterocycles. The van der Waals surface area contributed by atoms with Crippen LogP contribution in [0.25, 0.3) is 10.9 Å². The Morgan fingerprint density at radius 1 is 1.20 bits per heavy atom. The van der Waals surface area contributed by atoms with Gasteiger partial charge in [0.1, 0.15) is 23.1 Å². The van der Waals surface area contributed by atoms with Gasteiger partial charge in [-0.25, -0.2) is 19.2 Å². The summed E-state index contributed by atoms with van der Waals surface area (Å²) in [5, 5.41) is 0.763. The second-order valence-electron chi connectivity index (χ2n) is 10.0. The molecule has 1 saturated heterocycles. The van der Waals surface area contributed by atoms with Crippen LogP contribution in [0.5, 0.6) is 0 Å². The molecule has 1 aliphatic heterocycles. The summed E-state index contributed by atoms with van der Waals surface area (Å²) in [5.41, 5.74) is 0.935. The Labute approximate surface area is 176 Å². The second-order valence-corrected chi connectivity index (χ2v) is 10.0. The Balaban J connectivity index is 1.47. The second kappa shape index (κ2) is 6.53. The maximum Gasteiger partial charge on any atom is 0.410 e. The minimum absolute atomic E-state index is 0.144. The van der Waals surface area contributed by atoms with Gasteiger partial charge in [-0.05, 0) is 77.0 Å². The lowest BCUT2D eigenvalue weighted by atomic mass is 10.0. The molecule has 2 aliphatic carbocycles. The molecule has 1 spiro atoms. The van der Waals surface area contributed by atoms with Gasteiger partial charge in [-0.15, -0.1) is 0 Å². The average Bonchev–Trinajstić information content (AvgIpc) is 3.56. The third kappa shape index (κ3) is 3.48. The average molecular weight is 413 g/mol. The Bertz CT molecular complexity index is 1020. The van der Waals surface area contributed by atoms with E-state index in [0.29, 0.717) is 31.4 Å². The molecule has 0 N–H and O–H groups in total. The summed E-state index contributed by atoms with van der Waals surface area (Å²) < 4.78 is 20.4. The predicted octanol–water partition coefficient (Wildman–Crippen LogP) is 4.54. The quantitative estimate of drug-likeness (QED) is 0.725. The van der Waals surface area contributed by atoms with Gasteiger partial charge >= 0.3 is 6.09 Å². The normalized spacial score (nSPS) is 20.7. The van der Waals surface area contributed by atoms with Gasteiger partial charge in [0, 0.05) is 25.0 Å². The molecule has 5 rings (SSSR count). The molecular formula is C23H29FN4O2. The number of fused-ring (bicyclic) bond motifs is 1. The Morgan fingerprint density at radius 3 is 2.57 bits per heavy atom. The van der Waals surface area contributed by atoms with Crippen LogP contribution in [0.1, 0.15) is 63.8 Å². The Hall–Kier alpha value is -2.44. The highest BCUT2D eigenvalue weighted by Gasteiger charge is 2.53. The van der Waals surface area contributed by atoms with Crippen LogP contribution in [0.2, 0.25) is 0 Å². The molecule has 160 valence electrons. The predicted molar refractivity (Wildman–Crippen MR) is 113 cm³/mol. The summed E-state index contributed by atoms with van der Waals surface area (Å²) in [5.74, 6) is 1.66. The molecule has 0 unspecified atom stereocenters. The highest BCUT2D eigenvalue weighted by Crippen LogP contribution is 2.48. The number of hydrogen-bond acceptors (Lipinski definition) is 5.